The summed E-state index contributed by atoms with van der Waals surface area (Å²) in [6.45, 7) is 6.45. The minimum absolute atomic E-state index is 0. The van der Waals surface area contributed by atoms with Gasteiger partial charge in [-0.25, -0.2) is 0 Å². The molecule has 0 saturated carbocycles. The molecule has 2 fully saturated rings. The number of halogens is 2. The van der Waals surface area contributed by atoms with Crippen molar-refractivity contribution in [3.8, 4) is 0 Å². The zero-order chi connectivity index (χ0) is 17.8. The molecule has 1 aromatic rings. The third-order valence-electron chi connectivity index (χ3n) is 5.52. The molecule has 0 bridgehead atoms. The maximum absolute atomic E-state index is 12.4. The van der Waals surface area contributed by atoms with Crippen LogP contribution < -0.4 is 16.4 Å². The maximum Gasteiger partial charge on any atom is 0.227 e. The number of nitrogens with zero attached hydrogens (tertiary/aromatic N) is 1. The zero-order valence-corrected chi connectivity index (χ0v) is 17.3. The minimum atomic E-state index is -0.180. The highest BCUT2D eigenvalue weighted by Gasteiger charge is 2.28. The van der Waals surface area contributed by atoms with Crippen LogP contribution in [-0.4, -0.2) is 42.9 Å². The number of carbonyl (C=O) groups is 2. The number of amides is 2. The fourth-order valence-corrected chi connectivity index (χ4v) is 3.52. The standard InChI is InChI=1S/C19H28N4O2.2ClH/c1-13(16-10-21-11-16)19(25)22-17-4-2-3-14(9-17)12-23-7-5-15(6-8-23)18(20)24;;/h2-4,9,13,15-16,21H,5-8,10-12H2,1H3,(H2,20,24)(H,22,25);2*1H. The molecule has 2 saturated heterocycles. The first-order chi connectivity index (χ1) is 12.0. The predicted molar refractivity (Wildman–Crippen MR) is 112 cm³/mol. The van der Waals surface area contributed by atoms with Crippen molar-refractivity contribution in [3.05, 3.63) is 29.8 Å². The van der Waals surface area contributed by atoms with E-state index in [4.69, 9.17) is 5.73 Å². The molecule has 0 spiro atoms. The van der Waals surface area contributed by atoms with Crippen LogP contribution in [-0.2, 0) is 16.1 Å². The molecule has 152 valence electrons. The molecular weight excluding hydrogens is 387 g/mol. The number of nitrogens with two attached hydrogens (primary N) is 1. The Morgan fingerprint density at radius 2 is 1.93 bits per heavy atom. The van der Waals surface area contributed by atoms with E-state index in [0.29, 0.717) is 5.92 Å². The van der Waals surface area contributed by atoms with Gasteiger partial charge in [-0.15, -0.1) is 24.8 Å². The van der Waals surface area contributed by atoms with Crippen LogP contribution in [0.2, 0.25) is 0 Å². The molecule has 2 aliphatic rings. The average molecular weight is 417 g/mol. The van der Waals surface area contributed by atoms with Crippen molar-refractivity contribution >= 4 is 42.3 Å². The molecule has 0 aromatic heterocycles. The van der Waals surface area contributed by atoms with Crippen LogP contribution in [0.5, 0.6) is 0 Å². The summed E-state index contributed by atoms with van der Waals surface area (Å²) in [4.78, 5) is 25.9. The molecule has 0 radical (unpaired) electrons. The SMILES string of the molecule is CC(C(=O)Nc1cccc(CN2CCC(C(N)=O)CC2)c1)C1CNC1.Cl.Cl. The van der Waals surface area contributed by atoms with E-state index < -0.39 is 0 Å². The number of nitrogens with one attached hydrogen (secondary N) is 2. The molecule has 27 heavy (non-hydrogen) atoms. The summed E-state index contributed by atoms with van der Waals surface area (Å²) in [6, 6.07) is 8.04. The molecule has 4 N–H and O–H groups in total. The summed E-state index contributed by atoms with van der Waals surface area (Å²) in [6.07, 6.45) is 1.66. The summed E-state index contributed by atoms with van der Waals surface area (Å²) in [5, 5.41) is 6.26. The van der Waals surface area contributed by atoms with Gasteiger partial charge in [0.1, 0.15) is 0 Å². The molecule has 1 atom stereocenters. The third-order valence-corrected chi connectivity index (χ3v) is 5.52. The Balaban J connectivity index is 0.00000182. The van der Waals surface area contributed by atoms with Crippen molar-refractivity contribution in [1.29, 1.82) is 0 Å². The van der Waals surface area contributed by atoms with Gasteiger partial charge in [-0.1, -0.05) is 19.1 Å². The topological polar surface area (TPSA) is 87.5 Å². The number of benzene rings is 1. The van der Waals surface area contributed by atoms with Crippen LogP contribution >= 0.6 is 24.8 Å². The fraction of sp³-hybridized carbons (Fsp3) is 0.579. The van der Waals surface area contributed by atoms with Crippen molar-refractivity contribution in [2.75, 3.05) is 31.5 Å². The lowest BCUT2D eigenvalue weighted by Crippen LogP contribution is -2.48. The van der Waals surface area contributed by atoms with Gasteiger partial charge in [0.25, 0.3) is 0 Å². The second-order valence-corrected chi connectivity index (χ2v) is 7.35. The molecule has 1 aromatic carbocycles. The van der Waals surface area contributed by atoms with E-state index in [9.17, 15) is 9.59 Å². The van der Waals surface area contributed by atoms with Gasteiger partial charge in [-0.2, -0.15) is 0 Å². The van der Waals surface area contributed by atoms with Crippen LogP contribution in [0.25, 0.3) is 0 Å². The van der Waals surface area contributed by atoms with Crippen LogP contribution in [0.15, 0.2) is 24.3 Å². The minimum Gasteiger partial charge on any atom is -0.369 e. The van der Waals surface area contributed by atoms with Gasteiger partial charge in [0.05, 0.1) is 0 Å². The van der Waals surface area contributed by atoms with Crippen LogP contribution in [0, 0.1) is 17.8 Å². The first kappa shape index (κ1) is 23.7. The molecule has 8 heteroatoms. The fourth-order valence-electron chi connectivity index (χ4n) is 3.52. The summed E-state index contributed by atoms with van der Waals surface area (Å²) < 4.78 is 0. The van der Waals surface area contributed by atoms with Crippen LogP contribution in [0.1, 0.15) is 25.3 Å². The molecule has 3 rings (SSSR count). The van der Waals surface area contributed by atoms with E-state index in [1.165, 1.54) is 5.56 Å². The molecule has 2 amide bonds. The largest absolute Gasteiger partial charge is 0.369 e. The summed E-state index contributed by atoms with van der Waals surface area (Å²) in [5.41, 5.74) is 7.42. The average Bonchev–Trinajstić information content (AvgIpc) is 2.54. The first-order valence-electron chi connectivity index (χ1n) is 9.15. The lowest BCUT2D eigenvalue weighted by molar-refractivity contribution is -0.123. The van der Waals surface area contributed by atoms with Gasteiger partial charge < -0.3 is 16.4 Å². The van der Waals surface area contributed by atoms with E-state index in [-0.39, 0.29) is 48.5 Å². The Bertz CT molecular complexity index is 632. The van der Waals surface area contributed by atoms with Crippen LogP contribution in [0.4, 0.5) is 5.69 Å². The molecule has 6 nitrogen and oxygen atoms in total. The Morgan fingerprint density at radius 1 is 1.26 bits per heavy atom. The highest BCUT2D eigenvalue weighted by atomic mass is 35.5. The highest BCUT2D eigenvalue weighted by molar-refractivity contribution is 5.92. The number of piperidine rings is 1. The van der Waals surface area contributed by atoms with Gasteiger partial charge in [-0.3, -0.25) is 14.5 Å². The van der Waals surface area contributed by atoms with Gasteiger partial charge in [0.2, 0.25) is 11.8 Å². The van der Waals surface area contributed by atoms with Crippen molar-refractivity contribution in [3.63, 3.8) is 0 Å². The second kappa shape index (κ2) is 10.9. The molecule has 1 unspecified atom stereocenters. The second-order valence-electron chi connectivity index (χ2n) is 7.35. The Hall–Kier alpha value is -1.34. The van der Waals surface area contributed by atoms with E-state index >= 15 is 0 Å². The van der Waals surface area contributed by atoms with Crippen LogP contribution in [0.3, 0.4) is 0 Å². The third kappa shape index (κ3) is 6.35. The lowest BCUT2D eigenvalue weighted by Gasteiger charge is -2.32. The van der Waals surface area contributed by atoms with E-state index in [0.717, 1.165) is 51.3 Å². The number of hydrogen-bond donors (Lipinski definition) is 3. The number of rotatable bonds is 6. The molecular formula is C19H30Cl2N4O2. The summed E-state index contributed by atoms with van der Waals surface area (Å²) >= 11 is 0. The van der Waals surface area contributed by atoms with Crippen molar-refractivity contribution in [2.24, 2.45) is 23.5 Å². The van der Waals surface area contributed by atoms with Crippen molar-refractivity contribution < 1.29 is 9.59 Å². The highest BCUT2D eigenvalue weighted by Crippen LogP contribution is 2.21. The zero-order valence-electron chi connectivity index (χ0n) is 15.6. The summed E-state index contributed by atoms with van der Waals surface area (Å²) in [7, 11) is 0. The maximum atomic E-state index is 12.4. The molecule has 0 aliphatic carbocycles. The number of primary amides is 1. The van der Waals surface area contributed by atoms with Gasteiger partial charge in [0, 0.05) is 24.1 Å². The molecule has 2 aliphatic heterocycles. The quantitative estimate of drug-likeness (QED) is 0.661. The number of anilines is 1. The van der Waals surface area contributed by atoms with E-state index in [1.807, 2.05) is 25.1 Å². The number of likely N-dealkylation sites (tertiary alicyclic amines) is 1. The lowest BCUT2D eigenvalue weighted by atomic mass is 9.88. The van der Waals surface area contributed by atoms with Gasteiger partial charge in [-0.05, 0) is 62.6 Å². The summed E-state index contributed by atoms with van der Waals surface area (Å²) in [5.74, 6) is 0.392. The van der Waals surface area contributed by atoms with Crippen molar-refractivity contribution in [2.45, 2.75) is 26.3 Å². The smallest absolute Gasteiger partial charge is 0.227 e. The molecule has 2 heterocycles. The number of carbonyl (C=O) groups excluding carboxylic acids is 2. The predicted octanol–water partition coefficient (Wildman–Crippen LogP) is 2.02. The first-order valence-corrected chi connectivity index (χ1v) is 9.15. The monoisotopic (exact) mass is 416 g/mol. The van der Waals surface area contributed by atoms with E-state index in [2.05, 4.69) is 21.6 Å². The van der Waals surface area contributed by atoms with E-state index in [1.54, 1.807) is 0 Å². The van der Waals surface area contributed by atoms with Crippen molar-refractivity contribution in [1.82, 2.24) is 10.2 Å². The Morgan fingerprint density at radius 3 is 2.48 bits per heavy atom. The van der Waals surface area contributed by atoms with Gasteiger partial charge in [0.15, 0.2) is 0 Å². The van der Waals surface area contributed by atoms with Gasteiger partial charge >= 0.3 is 0 Å². The Kier molecular flexibility index (Phi) is 9.53. The normalized spacial score (nSPS) is 19.1. The Labute approximate surface area is 173 Å². The number of hydrogen-bond acceptors (Lipinski definition) is 4.